The lowest BCUT2D eigenvalue weighted by Crippen LogP contribution is -2.14. The van der Waals surface area contributed by atoms with Crippen molar-refractivity contribution in [2.24, 2.45) is 0 Å². The predicted molar refractivity (Wildman–Crippen MR) is 148 cm³/mol. The lowest BCUT2D eigenvalue weighted by atomic mass is 10.1. The largest absolute Gasteiger partial charge is 0.322 e. The fraction of sp³-hybridized carbons (Fsp3) is 0.0345. The van der Waals surface area contributed by atoms with Crippen LogP contribution in [0.3, 0.4) is 0 Å². The molecule has 0 aliphatic carbocycles. The van der Waals surface area contributed by atoms with Crippen LogP contribution in [0.25, 0.3) is 22.3 Å². The van der Waals surface area contributed by atoms with Gasteiger partial charge in [-0.25, -0.2) is 4.68 Å². The number of carbonyl (C=O) groups is 2. The van der Waals surface area contributed by atoms with E-state index in [-0.39, 0.29) is 11.8 Å². The van der Waals surface area contributed by atoms with Gasteiger partial charge in [-0.1, -0.05) is 30.3 Å². The second-order valence-electron chi connectivity index (χ2n) is 8.23. The topological polar surface area (TPSA) is 88.9 Å². The quantitative estimate of drug-likeness (QED) is 0.258. The summed E-state index contributed by atoms with van der Waals surface area (Å²) in [5.41, 5.74) is 5.14. The summed E-state index contributed by atoms with van der Waals surface area (Å²) in [6.45, 7) is 1.89. The third-order valence-corrected chi connectivity index (χ3v) is 6.50. The summed E-state index contributed by atoms with van der Waals surface area (Å²) >= 11 is 1.59. The van der Waals surface area contributed by atoms with Crippen molar-refractivity contribution in [3.05, 3.63) is 120 Å². The SMILES string of the molecule is Cc1ccc(NC(=O)/C=C/c2cn(-c3ccccc3)nc2-c2cccs2)cc1NC(=O)c1ccncc1. The van der Waals surface area contributed by atoms with Crippen molar-refractivity contribution in [1.82, 2.24) is 14.8 Å². The zero-order chi connectivity index (χ0) is 25.6. The third-order valence-electron chi connectivity index (χ3n) is 5.63. The molecule has 0 aliphatic rings. The first-order chi connectivity index (χ1) is 18.1. The second kappa shape index (κ2) is 10.8. The van der Waals surface area contributed by atoms with E-state index < -0.39 is 0 Å². The van der Waals surface area contributed by atoms with Crippen LogP contribution in [0.15, 0.2) is 103 Å². The zero-order valence-electron chi connectivity index (χ0n) is 20.0. The Bertz CT molecular complexity index is 1560. The Morgan fingerprint density at radius 2 is 1.76 bits per heavy atom. The predicted octanol–water partition coefficient (Wildman–Crippen LogP) is 6.21. The van der Waals surface area contributed by atoms with Crippen LogP contribution >= 0.6 is 11.3 Å². The van der Waals surface area contributed by atoms with Crippen LogP contribution < -0.4 is 10.6 Å². The van der Waals surface area contributed by atoms with Crippen molar-refractivity contribution < 1.29 is 9.59 Å². The molecule has 8 heteroatoms. The van der Waals surface area contributed by atoms with Crippen LogP contribution in [0.4, 0.5) is 11.4 Å². The summed E-state index contributed by atoms with van der Waals surface area (Å²) in [6.07, 6.45) is 8.29. The molecule has 7 nitrogen and oxygen atoms in total. The van der Waals surface area contributed by atoms with E-state index in [9.17, 15) is 9.59 Å². The average molecular weight is 506 g/mol. The number of nitrogens with zero attached hydrogens (tertiary/aromatic N) is 3. The van der Waals surface area contributed by atoms with Crippen LogP contribution in [0, 0.1) is 6.92 Å². The first-order valence-corrected chi connectivity index (χ1v) is 12.4. The minimum atomic E-state index is -0.292. The van der Waals surface area contributed by atoms with E-state index >= 15 is 0 Å². The molecule has 0 atom stereocenters. The molecule has 0 unspecified atom stereocenters. The molecule has 5 aromatic rings. The Labute approximate surface area is 218 Å². The molecule has 2 N–H and O–H groups in total. The van der Waals surface area contributed by atoms with Crippen molar-refractivity contribution >= 4 is 40.6 Å². The molecule has 3 aromatic heterocycles. The van der Waals surface area contributed by atoms with Gasteiger partial charge in [0.15, 0.2) is 0 Å². The Kier molecular flexibility index (Phi) is 7.00. The van der Waals surface area contributed by atoms with Gasteiger partial charge in [0, 0.05) is 47.2 Å². The lowest BCUT2D eigenvalue weighted by Gasteiger charge is -2.11. The summed E-state index contributed by atoms with van der Waals surface area (Å²) in [4.78, 5) is 30.3. The van der Waals surface area contributed by atoms with Crippen molar-refractivity contribution in [3.63, 3.8) is 0 Å². The number of hydrogen-bond donors (Lipinski definition) is 2. The molecule has 0 fully saturated rings. The smallest absolute Gasteiger partial charge is 0.255 e. The van der Waals surface area contributed by atoms with E-state index in [0.29, 0.717) is 16.9 Å². The third kappa shape index (κ3) is 5.71. The Balaban J connectivity index is 1.33. The maximum absolute atomic E-state index is 12.8. The fourth-order valence-electron chi connectivity index (χ4n) is 3.71. The molecule has 0 saturated carbocycles. The molecule has 0 spiro atoms. The Hall–Kier alpha value is -4.82. The summed E-state index contributed by atoms with van der Waals surface area (Å²) in [7, 11) is 0. The number of aryl methyl sites for hydroxylation is 1. The minimum absolute atomic E-state index is 0.245. The van der Waals surface area contributed by atoms with Gasteiger partial charge in [0.1, 0.15) is 5.69 Å². The second-order valence-corrected chi connectivity index (χ2v) is 9.18. The van der Waals surface area contributed by atoms with Gasteiger partial charge in [-0.05, 0) is 66.4 Å². The van der Waals surface area contributed by atoms with Crippen molar-refractivity contribution in [2.75, 3.05) is 10.6 Å². The molecule has 0 bridgehead atoms. The standard InChI is InChI=1S/C29H23N5O2S/c1-20-9-11-23(18-25(20)32-29(36)21-13-15-30-16-14-21)31-27(35)12-10-22-19-34(24-6-3-2-4-7-24)33-28(22)26-8-5-17-37-26/h2-19H,1H3,(H,31,35)(H,32,36)/b12-10+. The van der Waals surface area contributed by atoms with Gasteiger partial charge in [0.2, 0.25) is 5.91 Å². The van der Waals surface area contributed by atoms with Crippen LogP contribution in [0.5, 0.6) is 0 Å². The highest BCUT2D eigenvalue weighted by Crippen LogP contribution is 2.29. The van der Waals surface area contributed by atoms with Crippen molar-refractivity contribution in [2.45, 2.75) is 6.92 Å². The number of anilines is 2. The number of carbonyl (C=O) groups excluding carboxylic acids is 2. The monoisotopic (exact) mass is 505 g/mol. The van der Waals surface area contributed by atoms with E-state index in [1.807, 2.05) is 71.7 Å². The van der Waals surface area contributed by atoms with Crippen LogP contribution in [-0.4, -0.2) is 26.6 Å². The van der Waals surface area contributed by atoms with Crippen LogP contribution in [0.1, 0.15) is 21.5 Å². The molecule has 2 amide bonds. The molecule has 0 radical (unpaired) electrons. The van der Waals surface area contributed by atoms with Crippen molar-refractivity contribution in [1.29, 1.82) is 0 Å². The van der Waals surface area contributed by atoms with E-state index in [2.05, 4.69) is 15.6 Å². The molecular formula is C29H23N5O2S. The fourth-order valence-corrected chi connectivity index (χ4v) is 4.44. The van der Waals surface area contributed by atoms with Gasteiger partial charge >= 0.3 is 0 Å². The number of pyridine rings is 1. The number of aromatic nitrogens is 3. The summed E-state index contributed by atoms with van der Waals surface area (Å²) in [5.74, 6) is -0.537. The number of nitrogens with one attached hydrogen (secondary N) is 2. The number of benzene rings is 2. The van der Waals surface area contributed by atoms with Gasteiger partial charge in [-0.3, -0.25) is 14.6 Å². The van der Waals surface area contributed by atoms with Crippen LogP contribution in [0.2, 0.25) is 0 Å². The van der Waals surface area contributed by atoms with Crippen LogP contribution in [-0.2, 0) is 4.79 Å². The number of hydrogen-bond acceptors (Lipinski definition) is 5. The first kappa shape index (κ1) is 23.9. The van der Waals surface area contributed by atoms with Gasteiger partial charge in [0.25, 0.3) is 5.91 Å². The molecule has 2 aromatic carbocycles. The van der Waals surface area contributed by atoms with Gasteiger partial charge in [-0.2, -0.15) is 5.10 Å². The number of thiophene rings is 1. The zero-order valence-corrected chi connectivity index (χ0v) is 20.8. The molecule has 3 heterocycles. The van der Waals surface area contributed by atoms with E-state index in [1.165, 1.54) is 6.08 Å². The molecule has 37 heavy (non-hydrogen) atoms. The Morgan fingerprint density at radius 1 is 0.946 bits per heavy atom. The van der Waals surface area contributed by atoms with E-state index in [0.717, 1.165) is 27.4 Å². The minimum Gasteiger partial charge on any atom is -0.322 e. The first-order valence-electron chi connectivity index (χ1n) is 11.6. The maximum atomic E-state index is 12.8. The summed E-state index contributed by atoms with van der Waals surface area (Å²) in [5, 5.41) is 12.5. The molecule has 182 valence electrons. The van der Waals surface area contributed by atoms with E-state index in [4.69, 9.17) is 5.10 Å². The average Bonchev–Trinajstić information content (AvgIpc) is 3.61. The molecule has 0 saturated heterocycles. The van der Waals surface area contributed by atoms with E-state index in [1.54, 1.807) is 54.1 Å². The maximum Gasteiger partial charge on any atom is 0.255 e. The summed E-state index contributed by atoms with van der Waals surface area (Å²) < 4.78 is 1.81. The number of para-hydroxylation sites is 1. The number of rotatable bonds is 7. The molecular weight excluding hydrogens is 482 g/mol. The van der Waals surface area contributed by atoms with Crippen molar-refractivity contribution in [3.8, 4) is 16.3 Å². The van der Waals surface area contributed by atoms with Gasteiger partial charge in [-0.15, -0.1) is 11.3 Å². The van der Waals surface area contributed by atoms with Gasteiger partial charge < -0.3 is 10.6 Å². The molecule has 0 aliphatic heterocycles. The highest BCUT2D eigenvalue weighted by Gasteiger charge is 2.12. The van der Waals surface area contributed by atoms with Gasteiger partial charge in [0.05, 0.1) is 10.6 Å². The lowest BCUT2D eigenvalue weighted by molar-refractivity contribution is -0.111. The molecule has 5 rings (SSSR count). The summed E-state index contributed by atoms with van der Waals surface area (Å²) in [6, 6.07) is 22.5. The highest BCUT2D eigenvalue weighted by molar-refractivity contribution is 7.13. The Morgan fingerprint density at radius 3 is 2.51 bits per heavy atom. The normalized spacial score (nSPS) is 10.9. The number of amides is 2. The highest BCUT2D eigenvalue weighted by atomic mass is 32.1.